The van der Waals surface area contributed by atoms with Crippen LogP contribution in [0.3, 0.4) is 0 Å². The van der Waals surface area contributed by atoms with E-state index in [1.165, 1.54) is 0 Å². The molecule has 0 atom stereocenters. The summed E-state index contributed by atoms with van der Waals surface area (Å²) in [5.74, 6) is -0.103. The van der Waals surface area contributed by atoms with Gasteiger partial charge in [-0.05, 0) is 43.9 Å². The zero-order chi connectivity index (χ0) is 16.2. The van der Waals surface area contributed by atoms with Crippen LogP contribution in [-0.4, -0.2) is 20.4 Å². The van der Waals surface area contributed by atoms with Gasteiger partial charge in [-0.3, -0.25) is 4.79 Å². The Morgan fingerprint density at radius 3 is 2.45 bits per heavy atom. The van der Waals surface area contributed by atoms with E-state index in [0.29, 0.717) is 12.1 Å². The first-order valence-corrected chi connectivity index (χ1v) is 8.97. The van der Waals surface area contributed by atoms with E-state index in [9.17, 15) is 13.2 Å². The Bertz CT molecular complexity index is 659. The Morgan fingerprint density at radius 1 is 1.27 bits per heavy atom. The molecule has 1 saturated carbocycles. The van der Waals surface area contributed by atoms with Crippen molar-refractivity contribution in [2.75, 3.05) is 0 Å². The molecule has 1 aliphatic carbocycles. The normalized spacial score (nSPS) is 15.6. The Morgan fingerprint density at radius 2 is 1.91 bits per heavy atom. The van der Waals surface area contributed by atoms with E-state index in [1.54, 1.807) is 31.2 Å². The highest BCUT2D eigenvalue weighted by Gasteiger charge is 2.27. The number of benzene rings is 1. The minimum Gasteiger partial charge on any atom is -0.348 e. The second-order valence-electron chi connectivity index (χ2n) is 5.52. The van der Waals surface area contributed by atoms with E-state index in [2.05, 4.69) is 10.0 Å². The maximum absolute atomic E-state index is 12.0. The van der Waals surface area contributed by atoms with Gasteiger partial charge in [-0.25, -0.2) is 13.1 Å². The van der Waals surface area contributed by atoms with Crippen molar-refractivity contribution in [3.05, 3.63) is 41.5 Å². The number of allylic oxidation sites excluding steroid dienone is 1. The molecule has 0 radical (unpaired) electrons. The van der Waals surface area contributed by atoms with Crippen molar-refractivity contribution in [3.8, 4) is 0 Å². The molecule has 6 heteroatoms. The van der Waals surface area contributed by atoms with Crippen LogP contribution in [0.5, 0.6) is 0 Å². The summed E-state index contributed by atoms with van der Waals surface area (Å²) in [4.78, 5) is 12.0. The van der Waals surface area contributed by atoms with Crippen LogP contribution < -0.4 is 10.0 Å². The van der Waals surface area contributed by atoms with Gasteiger partial charge in [0.2, 0.25) is 15.9 Å². The van der Waals surface area contributed by atoms with Gasteiger partial charge in [0.15, 0.2) is 0 Å². The molecule has 5 nitrogen and oxygen atoms in total. The van der Waals surface area contributed by atoms with Gasteiger partial charge in [-0.15, -0.1) is 0 Å². The largest absolute Gasteiger partial charge is 0.348 e. The van der Waals surface area contributed by atoms with Crippen molar-refractivity contribution >= 4 is 15.9 Å². The fraction of sp³-hybridized carbons (Fsp3) is 0.438. The Balaban J connectivity index is 1.94. The van der Waals surface area contributed by atoms with Crippen molar-refractivity contribution in [1.29, 1.82) is 0 Å². The van der Waals surface area contributed by atoms with Gasteiger partial charge in [0.1, 0.15) is 0 Å². The summed E-state index contributed by atoms with van der Waals surface area (Å²) in [5, 5.41) is 2.81. The molecule has 0 unspecified atom stereocenters. The van der Waals surface area contributed by atoms with Crippen molar-refractivity contribution < 1.29 is 13.2 Å². The number of carbonyl (C=O) groups excluding carboxylic acids is 1. The lowest BCUT2D eigenvalue weighted by Crippen LogP contribution is -2.26. The van der Waals surface area contributed by atoms with Crippen molar-refractivity contribution in [1.82, 2.24) is 10.0 Å². The van der Waals surface area contributed by atoms with Gasteiger partial charge in [-0.1, -0.05) is 25.1 Å². The predicted octanol–water partition coefficient (Wildman–Crippen LogP) is 2.10. The zero-order valence-electron chi connectivity index (χ0n) is 12.9. The van der Waals surface area contributed by atoms with E-state index in [1.807, 2.05) is 13.0 Å². The number of carbonyl (C=O) groups is 1. The molecule has 1 aromatic carbocycles. The molecule has 1 aliphatic rings. The number of hydrogen-bond donors (Lipinski definition) is 2. The molecule has 1 fully saturated rings. The van der Waals surface area contributed by atoms with Gasteiger partial charge >= 0.3 is 0 Å². The van der Waals surface area contributed by atoms with Crippen LogP contribution in [0.4, 0.5) is 0 Å². The Hall–Kier alpha value is -1.66. The molecule has 2 rings (SSSR count). The minimum absolute atomic E-state index is 0.0947. The highest BCUT2D eigenvalue weighted by molar-refractivity contribution is 7.89. The molecular weight excluding hydrogens is 300 g/mol. The topological polar surface area (TPSA) is 75.3 Å². The van der Waals surface area contributed by atoms with E-state index < -0.39 is 10.0 Å². The van der Waals surface area contributed by atoms with E-state index in [-0.39, 0.29) is 16.8 Å². The average Bonchev–Trinajstić information content (AvgIpc) is 3.28. The molecule has 0 spiro atoms. The Kier molecular flexibility index (Phi) is 5.37. The lowest BCUT2D eigenvalue weighted by Gasteiger charge is -2.08. The lowest BCUT2D eigenvalue weighted by atomic mass is 10.2. The molecule has 1 aromatic rings. The number of nitrogens with one attached hydrogen (secondary N) is 2. The van der Waals surface area contributed by atoms with Crippen LogP contribution in [0, 0.1) is 0 Å². The summed E-state index contributed by atoms with van der Waals surface area (Å²) >= 11 is 0. The fourth-order valence-electron chi connectivity index (χ4n) is 2.00. The van der Waals surface area contributed by atoms with Gasteiger partial charge < -0.3 is 5.32 Å². The number of rotatable bonds is 7. The molecule has 1 amide bonds. The van der Waals surface area contributed by atoms with Gasteiger partial charge in [0, 0.05) is 18.2 Å². The standard InChI is InChI=1S/C16H22N2O3S/c1-3-4-12(2)16(19)17-11-13-5-9-15(10-6-13)22(20,21)18-14-7-8-14/h4-6,9-10,14,18H,3,7-8,11H2,1-2H3,(H,17,19)/b12-4+. The lowest BCUT2D eigenvalue weighted by molar-refractivity contribution is -0.117. The zero-order valence-corrected chi connectivity index (χ0v) is 13.7. The maximum Gasteiger partial charge on any atom is 0.246 e. The fourth-order valence-corrected chi connectivity index (χ4v) is 3.30. The highest BCUT2D eigenvalue weighted by Crippen LogP contribution is 2.22. The molecule has 22 heavy (non-hydrogen) atoms. The first-order chi connectivity index (χ1) is 10.4. The van der Waals surface area contributed by atoms with E-state index in [4.69, 9.17) is 0 Å². The summed E-state index contributed by atoms with van der Waals surface area (Å²) in [6, 6.07) is 6.68. The molecule has 0 saturated heterocycles. The van der Waals surface area contributed by atoms with Crippen molar-refractivity contribution in [3.63, 3.8) is 0 Å². The third kappa shape index (κ3) is 4.68. The molecule has 0 aliphatic heterocycles. The number of amides is 1. The molecular formula is C16H22N2O3S. The monoisotopic (exact) mass is 322 g/mol. The SMILES string of the molecule is CC/C=C(\C)C(=O)NCc1ccc(S(=O)(=O)NC2CC2)cc1. The number of hydrogen-bond acceptors (Lipinski definition) is 3. The van der Waals surface area contributed by atoms with Gasteiger partial charge in [0.05, 0.1) is 4.90 Å². The van der Waals surface area contributed by atoms with Gasteiger partial charge in [-0.2, -0.15) is 0 Å². The Labute approximate surface area is 131 Å². The summed E-state index contributed by atoms with van der Waals surface area (Å²) in [7, 11) is -3.41. The predicted molar refractivity (Wildman–Crippen MR) is 85.7 cm³/mol. The molecule has 0 aromatic heterocycles. The van der Waals surface area contributed by atoms with Crippen LogP contribution in [0.25, 0.3) is 0 Å². The third-order valence-corrected chi connectivity index (χ3v) is 4.99. The van der Waals surface area contributed by atoms with Crippen molar-refractivity contribution in [2.45, 2.75) is 50.6 Å². The van der Waals surface area contributed by atoms with Crippen molar-refractivity contribution in [2.24, 2.45) is 0 Å². The average molecular weight is 322 g/mol. The molecule has 0 heterocycles. The first kappa shape index (κ1) is 16.7. The molecule has 0 bridgehead atoms. The summed E-state index contributed by atoms with van der Waals surface area (Å²) < 4.78 is 26.7. The second kappa shape index (κ2) is 7.07. The number of sulfonamides is 1. The summed E-state index contributed by atoms with van der Waals surface area (Å²) in [6.07, 6.45) is 4.51. The second-order valence-corrected chi connectivity index (χ2v) is 7.23. The minimum atomic E-state index is -3.41. The van der Waals surface area contributed by atoms with Crippen LogP contribution in [0.15, 0.2) is 40.8 Å². The maximum atomic E-state index is 12.0. The van der Waals surface area contributed by atoms with Crippen LogP contribution in [-0.2, 0) is 21.4 Å². The first-order valence-electron chi connectivity index (χ1n) is 7.48. The van der Waals surface area contributed by atoms with E-state index >= 15 is 0 Å². The molecule has 120 valence electrons. The third-order valence-electron chi connectivity index (χ3n) is 3.45. The smallest absolute Gasteiger partial charge is 0.246 e. The molecule has 2 N–H and O–H groups in total. The highest BCUT2D eigenvalue weighted by atomic mass is 32.2. The van der Waals surface area contributed by atoms with Crippen LogP contribution in [0.2, 0.25) is 0 Å². The van der Waals surface area contributed by atoms with Crippen LogP contribution >= 0.6 is 0 Å². The van der Waals surface area contributed by atoms with Crippen LogP contribution in [0.1, 0.15) is 38.7 Å². The summed E-state index contributed by atoms with van der Waals surface area (Å²) in [6.45, 7) is 4.13. The quantitative estimate of drug-likeness (QED) is 0.755. The summed E-state index contributed by atoms with van der Waals surface area (Å²) in [5.41, 5.74) is 1.55. The van der Waals surface area contributed by atoms with Gasteiger partial charge in [0.25, 0.3) is 0 Å². The van der Waals surface area contributed by atoms with E-state index in [0.717, 1.165) is 24.8 Å².